The van der Waals surface area contributed by atoms with Crippen molar-refractivity contribution in [3.8, 4) is 0 Å². The fourth-order valence-electron chi connectivity index (χ4n) is 2.64. The zero-order valence-electron chi connectivity index (χ0n) is 14.8. The van der Waals surface area contributed by atoms with Gasteiger partial charge in [0.05, 0.1) is 11.0 Å². The summed E-state index contributed by atoms with van der Waals surface area (Å²) in [5.41, 5.74) is 1.26. The molecule has 0 spiro atoms. The van der Waals surface area contributed by atoms with Gasteiger partial charge >= 0.3 is 0 Å². The Balaban J connectivity index is 1.42. The molecule has 0 bridgehead atoms. The summed E-state index contributed by atoms with van der Waals surface area (Å²) < 4.78 is 0.660. The maximum atomic E-state index is 12.2. The number of amides is 2. The molecular formula is C19H15N5O2S2. The third-order valence-electron chi connectivity index (χ3n) is 4.04. The highest BCUT2D eigenvalue weighted by molar-refractivity contribution is 8.02. The molecule has 2 atom stereocenters. The summed E-state index contributed by atoms with van der Waals surface area (Å²) in [5, 5.41) is 11.1. The number of carbonyl (C=O) groups excluding carboxylic acids is 2. The van der Waals surface area contributed by atoms with Crippen LogP contribution in [-0.4, -0.2) is 38.8 Å². The van der Waals surface area contributed by atoms with Gasteiger partial charge in [0, 0.05) is 5.56 Å². The molecule has 0 saturated heterocycles. The van der Waals surface area contributed by atoms with Crippen LogP contribution in [0.1, 0.15) is 17.3 Å². The Kier molecular flexibility index (Phi) is 5.27. The number of thioether (sulfide) groups is 1. The summed E-state index contributed by atoms with van der Waals surface area (Å²) in [6.45, 7) is 1.91. The van der Waals surface area contributed by atoms with E-state index in [1.165, 1.54) is 23.1 Å². The van der Waals surface area contributed by atoms with Crippen molar-refractivity contribution < 1.29 is 9.59 Å². The number of fused-ring (bicyclic) bond motifs is 1. The molecule has 2 aliphatic rings. The van der Waals surface area contributed by atoms with Crippen molar-refractivity contribution in [2.75, 3.05) is 5.32 Å². The standard InChI is InChI=1S/C19H15N5O2S2/c1-11(15-20-14-10-6-5-9-13(14)17(26)21-15)27-19-24-23-18(28-19)22-16(25)12-7-3-2-4-8-12/h2-11,13H,1H3,(H,22,23,25). The lowest BCUT2D eigenvalue weighted by Gasteiger charge is -2.19. The predicted octanol–water partition coefficient (Wildman–Crippen LogP) is 3.39. The van der Waals surface area contributed by atoms with Crippen LogP contribution < -0.4 is 5.32 Å². The predicted molar refractivity (Wildman–Crippen MR) is 111 cm³/mol. The van der Waals surface area contributed by atoms with Crippen LogP contribution in [0.25, 0.3) is 0 Å². The first-order valence-electron chi connectivity index (χ1n) is 8.52. The van der Waals surface area contributed by atoms with Crippen molar-refractivity contribution in [3.63, 3.8) is 0 Å². The highest BCUT2D eigenvalue weighted by Crippen LogP contribution is 2.31. The van der Waals surface area contributed by atoms with Gasteiger partial charge in [0.25, 0.3) is 11.8 Å². The molecule has 1 aliphatic carbocycles. The van der Waals surface area contributed by atoms with Gasteiger partial charge in [-0.15, -0.1) is 10.2 Å². The van der Waals surface area contributed by atoms with E-state index in [2.05, 4.69) is 25.5 Å². The Labute approximate surface area is 169 Å². The minimum atomic E-state index is -0.382. The molecule has 1 aromatic carbocycles. The van der Waals surface area contributed by atoms with Crippen molar-refractivity contribution in [1.82, 2.24) is 10.2 Å². The van der Waals surface area contributed by atoms with E-state index < -0.39 is 0 Å². The summed E-state index contributed by atoms with van der Waals surface area (Å²) in [6, 6.07) is 8.91. The average molecular weight is 409 g/mol. The van der Waals surface area contributed by atoms with Gasteiger partial charge in [-0.3, -0.25) is 14.9 Å². The zero-order chi connectivity index (χ0) is 19.5. The van der Waals surface area contributed by atoms with Crippen molar-refractivity contribution in [3.05, 3.63) is 60.2 Å². The molecule has 9 heteroatoms. The summed E-state index contributed by atoms with van der Waals surface area (Å²) in [5.74, 6) is -0.363. The molecule has 4 rings (SSSR count). The largest absolute Gasteiger partial charge is 0.296 e. The maximum absolute atomic E-state index is 12.2. The first kappa shape index (κ1) is 18.5. The molecule has 1 aliphatic heterocycles. The van der Waals surface area contributed by atoms with E-state index >= 15 is 0 Å². The lowest BCUT2D eigenvalue weighted by molar-refractivity contribution is -0.118. The van der Waals surface area contributed by atoms with E-state index in [9.17, 15) is 9.59 Å². The smallest absolute Gasteiger partial charge is 0.260 e. The molecule has 1 aromatic heterocycles. The summed E-state index contributed by atoms with van der Waals surface area (Å²) in [6.07, 6.45) is 7.31. The second-order valence-corrected chi connectivity index (χ2v) is 8.59. The van der Waals surface area contributed by atoms with Gasteiger partial charge in [-0.2, -0.15) is 4.99 Å². The minimum Gasteiger partial charge on any atom is -0.296 e. The topological polar surface area (TPSA) is 96.7 Å². The Bertz CT molecular complexity index is 1040. The van der Waals surface area contributed by atoms with Crippen molar-refractivity contribution in [1.29, 1.82) is 0 Å². The number of nitrogens with one attached hydrogen (secondary N) is 1. The van der Waals surface area contributed by atoms with Crippen molar-refractivity contribution in [2.24, 2.45) is 15.9 Å². The number of benzene rings is 1. The van der Waals surface area contributed by atoms with Gasteiger partial charge < -0.3 is 0 Å². The monoisotopic (exact) mass is 409 g/mol. The maximum Gasteiger partial charge on any atom is 0.260 e. The molecule has 0 saturated carbocycles. The molecule has 2 amide bonds. The Morgan fingerprint density at radius 3 is 2.82 bits per heavy atom. The molecule has 0 radical (unpaired) electrons. The van der Waals surface area contributed by atoms with E-state index in [1.54, 1.807) is 30.3 Å². The molecule has 28 heavy (non-hydrogen) atoms. The SMILES string of the molecule is CC(Sc1nnc(NC(=O)c2ccccc2)s1)C1=NC(=O)C2C=CC=CC2=N1. The third-order valence-corrected chi connectivity index (χ3v) is 6.06. The van der Waals surface area contributed by atoms with Crippen LogP contribution in [0.15, 0.2) is 69.0 Å². The average Bonchev–Trinajstić information content (AvgIpc) is 3.15. The summed E-state index contributed by atoms with van der Waals surface area (Å²) in [7, 11) is 0. The Hall–Kier alpha value is -2.91. The molecule has 2 unspecified atom stereocenters. The number of amidine groups is 1. The molecular weight excluding hydrogens is 394 g/mol. The first-order valence-corrected chi connectivity index (χ1v) is 10.2. The lowest BCUT2D eigenvalue weighted by atomic mass is 9.96. The fraction of sp³-hybridized carbons (Fsp3) is 0.158. The quantitative estimate of drug-likeness (QED) is 0.603. The van der Waals surface area contributed by atoms with Gasteiger partial charge in [0.2, 0.25) is 5.13 Å². The molecule has 0 fully saturated rings. The van der Waals surface area contributed by atoms with Crippen LogP contribution in [0.5, 0.6) is 0 Å². The summed E-state index contributed by atoms with van der Waals surface area (Å²) in [4.78, 5) is 33.1. The number of nitrogens with zero attached hydrogens (tertiary/aromatic N) is 4. The van der Waals surface area contributed by atoms with Crippen molar-refractivity contribution >= 4 is 51.6 Å². The number of aromatic nitrogens is 2. The summed E-state index contributed by atoms with van der Waals surface area (Å²) >= 11 is 2.66. The van der Waals surface area contributed by atoms with E-state index in [1.807, 2.05) is 31.2 Å². The molecule has 2 aromatic rings. The van der Waals surface area contributed by atoms with Crippen LogP contribution >= 0.6 is 23.1 Å². The molecule has 140 valence electrons. The van der Waals surface area contributed by atoms with Gasteiger partial charge in [0.1, 0.15) is 11.8 Å². The van der Waals surface area contributed by atoms with E-state index in [4.69, 9.17) is 0 Å². The second kappa shape index (κ2) is 7.99. The number of hydrogen-bond donors (Lipinski definition) is 1. The van der Waals surface area contributed by atoms with E-state index in [-0.39, 0.29) is 23.0 Å². The third kappa shape index (κ3) is 4.00. The first-order chi connectivity index (χ1) is 13.6. The second-order valence-electron chi connectivity index (χ2n) is 6.02. The van der Waals surface area contributed by atoms with Crippen LogP contribution in [0, 0.1) is 5.92 Å². The van der Waals surface area contributed by atoms with Gasteiger partial charge in [-0.05, 0) is 25.1 Å². The van der Waals surface area contributed by atoms with E-state index in [0.29, 0.717) is 26.6 Å². The lowest BCUT2D eigenvalue weighted by Crippen LogP contribution is -2.29. The van der Waals surface area contributed by atoms with Crippen molar-refractivity contribution in [2.45, 2.75) is 16.5 Å². The van der Waals surface area contributed by atoms with E-state index in [0.717, 1.165) is 0 Å². The van der Waals surface area contributed by atoms with Crippen LogP contribution in [0.4, 0.5) is 5.13 Å². The molecule has 7 nitrogen and oxygen atoms in total. The van der Waals surface area contributed by atoms with Gasteiger partial charge in [0.15, 0.2) is 4.34 Å². The van der Waals surface area contributed by atoms with Crippen LogP contribution in [-0.2, 0) is 4.79 Å². The fourth-order valence-corrected chi connectivity index (χ4v) is 4.58. The zero-order valence-corrected chi connectivity index (χ0v) is 16.4. The van der Waals surface area contributed by atoms with Gasteiger partial charge in [-0.1, -0.05) is 59.5 Å². The number of carbonyl (C=O) groups is 2. The molecule has 2 heterocycles. The molecule has 1 N–H and O–H groups in total. The Morgan fingerprint density at radius 2 is 2.00 bits per heavy atom. The van der Waals surface area contributed by atoms with Gasteiger partial charge in [-0.25, -0.2) is 4.99 Å². The van der Waals surface area contributed by atoms with Crippen LogP contribution in [0.3, 0.4) is 0 Å². The van der Waals surface area contributed by atoms with Crippen LogP contribution in [0.2, 0.25) is 0 Å². The number of rotatable bonds is 5. The number of hydrogen-bond acceptors (Lipinski definition) is 7. The number of aliphatic imine (C=N–C) groups is 2. The normalized spacial score (nSPS) is 18.9. The number of anilines is 1. The number of allylic oxidation sites excluding steroid dienone is 3. The highest BCUT2D eigenvalue weighted by Gasteiger charge is 2.28. The highest BCUT2D eigenvalue weighted by atomic mass is 32.2. The Morgan fingerprint density at radius 1 is 1.18 bits per heavy atom. The minimum absolute atomic E-state index is 0.178.